The first-order chi connectivity index (χ1) is 9.75. The lowest BCUT2D eigenvalue weighted by Crippen LogP contribution is -2.12. The van der Waals surface area contributed by atoms with E-state index in [-0.39, 0.29) is 17.5 Å². The van der Waals surface area contributed by atoms with Crippen molar-refractivity contribution in [1.82, 2.24) is 4.98 Å². The highest BCUT2D eigenvalue weighted by atomic mass is 32.2. The highest BCUT2D eigenvalue weighted by molar-refractivity contribution is 7.99. The molecule has 0 bridgehead atoms. The zero-order valence-corrected chi connectivity index (χ0v) is 11.8. The number of hydrogen-bond acceptors (Lipinski definition) is 4. The lowest BCUT2D eigenvalue weighted by Gasteiger charge is -2.05. The molecule has 0 unspecified atom stereocenters. The lowest BCUT2D eigenvalue weighted by molar-refractivity contribution is -0.116. The van der Waals surface area contributed by atoms with Crippen LogP contribution in [-0.2, 0) is 4.79 Å². The number of pyridine rings is 1. The molecule has 0 fully saturated rings. The van der Waals surface area contributed by atoms with Crippen molar-refractivity contribution in [2.75, 3.05) is 11.1 Å². The zero-order valence-electron chi connectivity index (χ0n) is 11.0. The second-order valence-electron chi connectivity index (χ2n) is 4.18. The van der Waals surface area contributed by atoms with Crippen molar-refractivity contribution in [3.05, 3.63) is 48.7 Å². The minimum absolute atomic E-state index is 0.0143. The third-order valence-electron chi connectivity index (χ3n) is 2.60. The van der Waals surface area contributed by atoms with Gasteiger partial charge in [0, 0.05) is 17.5 Å². The van der Waals surface area contributed by atoms with Gasteiger partial charge in [-0.15, -0.1) is 11.8 Å². The van der Waals surface area contributed by atoms with Crippen LogP contribution in [0.15, 0.2) is 53.6 Å². The fraction of sp³-hybridized carbons (Fsp3) is 0.200. The Morgan fingerprint density at radius 2 is 2.00 bits per heavy atom. The van der Waals surface area contributed by atoms with Gasteiger partial charge in [-0.25, -0.2) is 4.98 Å². The van der Waals surface area contributed by atoms with Crippen LogP contribution >= 0.6 is 11.8 Å². The molecule has 104 valence electrons. The van der Waals surface area contributed by atoms with Crippen molar-refractivity contribution in [1.29, 1.82) is 0 Å². The van der Waals surface area contributed by atoms with Gasteiger partial charge < -0.3 is 10.4 Å². The number of anilines is 1. The van der Waals surface area contributed by atoms with Crippen LogP contribution in [0.2, 0.25) is 0 Å². The Labute approximate surface area is 122 Å². The summed E-state index contributed by atoms with van der Waals surface area (Å²) in [5.74, 6) is 0.950. The molecule has 1 amide bonds. The quantitative estimate of drug-likeness (QED) is 0.632. The number of thioether (sulfide) groups is 1. The third-order valence-corrected chi connectivity index (χ3v) is 3.70. The molecule has 0 aliphatic heterocycles. The molecule has 2 rings (SSSR count). The van der Waals surface area contributed by atoms with Crippen LogP contribution in [0.1, 0.15) is 12.8 Å². The first-order valence-corrected chi connectivity index (χ1v) is 7.36. The molecule has 0 aliphatic rings. The van der Waals surface area contributed by atoms with Crippen molar-refractivity contribution in [3.8, 4) is 5.75 Å². The van der Waals surface area contributed by atoms with Gasteiger partial charge in [0.05, 0.1) is 0 Å². The summed E-state index contributed by atoms with van der Waals surface area (Å²) in [6.07, 6.45) is 2.72. The molecule has 4 nitrogen and oxygen atoms in total. The van der Waals surface area contributed by atoms with E-state index in [2.05, 4.69) is 22.4 Å². The number of benzene rings is 1. The minimum Gasteiger partial charge on any atom is -0.504 e. The van der Waals surface area contributed by atoms with Gasteiger partial charge in [0.15, 0.2) is 11.6 Å². The van der Waals surface area contributed by atoms with E-state index in [9.17, 15) is 9.90 Å². The van der Waals surface area contributed by atoms with Crippen LogP contribution in [0.4, 0.5) is 5.82 Å². The average Bonchev–Trinajstić information content (AvgIpc) is 2.47. The Morgan fingerprint density at radius 3 is 2.75 bits per heavy atom. The molecule has 1 heterocycles. The predicted octanol–water partition coefficient (Wildman–Crippen LogP) is 3.30. The molecule has 20 heavy (non-hydrogen) atoms. The fourth-order valence-corrected chi connectivity index (χ4v) is 2.50. The lowest BCUT2D eigenvalue weighted by atomic mass is 10.3. The number of carbonyl (C=O) groups excluding carboxylic acids is 1. The Morgan fingerprint density at radius 1 is 1.20 bits per heavy atom. The maximum Gasteiger partial charge on any atom is 0.225 e. The van der Waals surface area contributed by atoms with Crippen molar-refractivity contribution in [2.45, 2.75) is 17.7 Å². The smallest absolute Gasteiger partial charge is 0.225 e. The normalized spacial score (nSPS) is 10.2. The Hall–Kier alpha value is -2.01. The number of aromatic hydroxyl groups is 1. The molecule has 0 spiro atoms. The summed E-state index contributed by atoms with van der Waals surface area (Å²) in [6, 6.07) is 13.2. The maximum absolute atomic E-state index is 11.7. The van der Waals surface area contributed by atoms with E-state index < -0.39 is 0 Å². The highest BCUT2D eigenvalue weighted by Crippen LogP contribution is 2.20. The van der Waals surface area contributed by atoms with Crippen molar-refractivity contribution in [2.24, 2.45) is 0 Å². The van der Waals surface area contributed by atoms with Gasteiger partial charge in [0.1, 0.15) is 0 Å². The highest BCUT2D eigenvalue weighted by Gasteiger charge is 2.06. The van der Waals surface area contributed by atoms with Gasteiger partial charge in [-0.1, -0.05) is 18.2 Å². The summed E-state index contributed by atoms with van der Waals surface area (Å²) in [7, 11) is 0. The first kappa shape index (κ1) is 14.4. The van der Waals surface area contributed by atoms with E-state index >= 15 is 0 Å². The summed E-state index contributed by atoms with van der Waals surface area (Å²) < 4.78 is 0. The maximum atomic E-state index is 11.7. The second kappa shape index (κ2) is 7.55. The van der Waals surface area contributed by atoms with E-state index in [1.54, 1.807) is 17.8 Å². The number of nitrogens with one attached hydrogen (secondary N) is 1. The van der Waals surface area contributed by atoms with Crippen molar-refractivity contribution in [3.63, 3.8) is 0 Å². The number of carbonyl (C=O) groups is 1. The molecule has 0 saturated carbocycles. The topological polar surface area (TPSA) is 62.2 Å². The molecule has 0 radical (unpaired) electrons. The molecule has 0 aliphatic carbocycles. The van der Waals surface area contributed by atoms with Crippen molar-refractivity contribution >= 4 is 23.5 Å². The molecule has 0 atom stereocenters. The Balaban J connectivity index is 1.69. The van der Waals surface area contributed by atoms with Crippen LogP contribution in [0.5, 0.6) is 5.75 Å². The Kier molecular flexibility index (Phi) is 5.43. The van der Waals surface area contributed by atoms with Gasteiger partial charge in [0.25, 0.3) is 0 Å². The summed E-state index contributed by atoms with van der Waals surface area (Å²) >= 11 is 1.73. The van der Waals surface area contributed by atoms with Gasteiger partial charge in [0.2, 0.25) is 5.91 Å². The standard InChI is InChI=1S/C15H16N2O2S/c18-13-8-4-10-16-15(13)17-14(19)9-5-11-20-12-6-2-1-3-7-12/h1-4,6-8,10,18H,5,9,11H2,(H,16,17,19). The summed E-state index contributed by atoms with van der Waals surface area (Å²) in [6.45, 7) is 0. The SMILES string of the molecule is O=C(CCCSc1ccccc1)Nc1ncccc1O. The van der Waals surface area contributed by atoms with Gasteiger partial charge in [-0.2, -0.15) is 0 Å². The molecule has 2 aromatic rings. The van der Waals surface area contributed by atoms with Gasteiger partial charge in [-0.05, 0) is 36.4 Å². The molecular weight excluding hydrogens is 272 g/mol. The van der Waals surface area contributed by atoms with Crippen LogP contribution in [0, 0.1) is 0 Å². The third kappa shape index (κ3) is 4.59. The van der Waals surface area contributed by atoms with Gasteiger partial charge >= 0.3 is 0 Å². The molecule has 0 saturated heterocycles. The van der Waals surface area contributed by atoms with E-state index in [4.69, 9.17) is 0 Å². The first-order valence-electron chi connectivity index (χ1n) is 6.37. The molecular formula is C15H16N2O2S. The average molecular weight is 288 g/mol. The number of nitrogens with zero attached hydrogens (tertiary/aromatic N) is 1. The summed E-state index contributed by atoms with van der Waals surface area (Å²) in [5, 5.41) is 12.1. The second-order valence-corrected chi connectivity index (χ2v) is 5.35. The van der Waals surface area contributed by atoms with Crippen molar-refractivity contribution < 1.29 is 9.90 Å². The number of hydrogen-bond donors (Lipinski definition) is 2. The van der Waals surface area contributed by atoms with Crippen LogP contribution in [-0.4, -0.2) is 21.8 Å². The number of amides is 1. The summed E-state index contributed by atoms with van der Waals surface area (Å²) in [5.41, 5.74) is 0. The largest absolute Gasteiger partial charge is 0.504 e. The van der Waals surface area contributed by atoms with E-state index in [1.165, 1.54) is 17.2 Å². The minimum atomic E-state index is -0.132. The molecule has 2 N–H and O–H groups in total. The fourth-order valence-electron chi connectivity index (χ4n) is 1.63. The van der Waals surface area contributed by atoms with Gasteiger partial charge in [-0.3, -0.25) is 4.79 Å². The van der Waals surface area contributed by atoms with Crippen LogP contribution in [0.25, 0.3) is 0 Å². The van der Waals surface area contributed by atoms with E-state index in [0.29, 0.717) is 6.42 Å². The molecule has 5 heteroatoms. The van der Waals surface area contributed by atoms with E-state index in [0.717, 1.165) is 12.2 Å². The van der Waals surface area contributed by atoms with Crippen LogP contribution < -0.4 is 5.32 Å². The Bertz CT molecular complexity index is 561. The summed E-state index contributed by atoms with van der Waals surface area (Å²) in [4.78, 5) is 16.8. The van der Waals surface area contributed by atoms with E-state index in [1.807, 2.05) is 18.2 Å². The monoisotopic (exact) mass is 288 g/mol. The zero-order chi connectivity index (χ0) is 14.2. The molecule has 1 aromatic heterocycles. The number of rotatable bonds is 6. The number of aromatic nitrogens is 1. The molecule has 1 aromatic carbocycles. The van der Waals surface area contributed by atoms with Crippen LogP contribution in [0.3, 0.4) is 0 Å². The predicted molar refractivity (Wildman–Crippen MR) is 80.9 cm³/mol.